The van der Waals surface area contributed by atoms with Gasteiger partial charge in [-0.3, -0.25) is 0 Å². The van der Waals surface area contributed by atoms with E-state index in [0.29, 0.717) is 6.07 Å². The van der Waals surface area contributed by atoms with Gasteiger partial charge in [0.2, 0.25) is 15.8 Å². The van der Waals surface area contributed by atoms with Crippen LogP contribution in [0.4, 0.5) is 22.0 Å². The number of halogens is 5. The van der Waals surface area contributed by atoms with Gasteiger partial charge in [0.05, 0.1) is 5.56 Å². The van der Waals surface area contributed by atoms with E-state index in [2.05, 4.69) is 9.68 Å². The van der Waals surface area contributed by atoms with Crippen LogP contribution in [0, 0.1) is 18.6 Å². The smallest absolute Gasteiger partial charge is 0.350 e. The fourth-order valence-electron chi connectivity index (χ4n) is 2.58. The molecule has 2 aromatic carbocycles. The van der Waals surface area contributed by atoms with Crippen LogP contribution >= 0.6 is 0 Å². The highest BCUT2D eigenvalue weighted by Gasteiger charge is 2.42. The number of sulfonamides is 1. The normalized spacial score (nSPS) is 12.4. The molecule has 0 aliphatic carbocycles. The maximum Gasteiger partial charge on any atom is 0.453 e. The van der Waals surface area contributed by atoms with Crippen molar-refractivity contribution in [3.63, 3.8) is 0 Å². The Morgan fingerprint density at radius 1 is 1.04 bits per heavy atom. The molecule has 0 aliphatic heterocycles. The largest absolute Gasteiger partial charge is 0.453 e. The van der Waals surface area contributed by atoms with Gasteiger partial charge in [-0.2, -0.15) is 13.2 Å². The third kappa shape index (κ3) is 3.62. The first-order valence-corrected chi connectivity index (χ1v) is 9.10. The summed E-state index contributed by atoms with van der Waals surface area (Å²) in [5, 5.41) is 8.16. The quantitative estimate of drug-likeness (QED) is 0.644. The van der Waals surface area contributed by atoms with Gasteiger partial charge in [-0.1, -0.05) is 35.0 Å². The number of primary sulfonamides is 1. The van der Waals surface area contributed by atoms with E-state index in [9.17, 15) is 30.4 Å². The Bertz CT molecular complexity index is 1150. The van der Waals surface area contributed by atoms with Crippen molar-refractivity contribution in [1.82, 2.24) is 5.16 Å². The van der Waals surface area contributed by atoms with Crippen LogP contribution < -0.4 is 5.14 Å². The third-order valence-electron chi connectivity index (χ3n) is 3.87. The van der Waals surface area contributed by atoms with Gasteiger partial charge in [-0.15, -0.1) is 0 Å². The van der Waals surface area contributed by atoms with Crippen LogP contribution in [0.2, 0.25) is 0 Å². The summed E-state index contributed by atoms with van der Waals surface area (Å²) in [6, 6.07) is 6.57. The van der Waals surface area contributed by atoms with Crippen LogP contribution in [-0.4, -0.2) is 13.6 Å². The summed E-state index contributed by atoms with van der Waals surface area (Å²) >= 11 is 0. The van der Waals surface area contributed by atoms with Crippen LogP contribution in [0.1, 0.15) is 11.3 Å². The van der Waals surface area contributed by atoms with Crippen molar-refractivity contribution in [3.05, 3.63) is 59.4 Å². The molecule has 3 aromatic rings. The van der Waals surface area contributed by atoms with Crippen LogP contribution in [0.15, 0.2) is 45.8 Å². The first-order valence-electron chi connectivity index (χ1n) is 7.55. The van der Waals surface area contributed by atoms with E-state index < -0.39 is 49.6 Å². The molecule has 148 valence electrons. The van der Waals surface area contributed by atoms with Gasteiger partial charge in [-0.05, 0) is 19.1 Å². The van der Waals surface area contributed by atoms with Crippen molar-refractivity contribution in [1.29, 1.82) is 0 Å². The van der Waals surface area contributed by atoms with Crippen LogP contribution in [0.25, 0.3) is 22.4 Å². The Labute approximate surface area is 155 Å². The van der Waals surface area contributed by atoms with Gasteiger partial charge in [0, 0.05) is 11.1 Å². The SMILES string of the molecule is Cc1ccc(-c2noc(C(F)(F)F)c2-c2cc(F)c(S(N)(=O)=O)cc2F)cc1. The molecule has 0 spiro atoms. The Kier molecular flexibility index (Phi) is 4.76. The first-order chi connectivity index (χ1) is 12.9. The van der Waals surface area contributed by atoms with Crippen molar-refractivity contribution < 1.29 is 34.9 Å². The second kappa shape index (κ2) is 6.67. The molecule has 2 N–H and O–H groups in total. The number of aryl methyl sites for hydroxylation is 1. The minimum Gasteiger partial charge on any atom is -0.350 e. The standard InChI is InChI=1S/C17H11F5N2O3S/c1-8-2-4-9(5-3-8)15-14(16(27-24-15)17(20,21)22)10-6-12(19)13(7-11(10)18)28(23,25)26/h2-7H,1H3,(H2,23,25,26). The molecular weight excluding hydrogens is 407 g/mol. The zero-order chi connectivity index (χ0) is 20.9. The third-order valence-corrected chi connectivity index (χ3v) is 4.80. The predicted octanol–water partition coefficient (Wildman–Crippen LogP) is 4.26. The Morgan fingerprint density at radius 3 is 2.18 bits per heavy atom. The highest BCUT2D eigenvalue weighted by molar-refractivity contribution is 7.89. The summed E-state index contributed by atoms with van der Waals surface area (Å²) in [6.45, 7) is 1.75. The molecule has 0 radical (unpaired) electrons. The summed E-state index contributed by atoms with van der Waals surface area (Å²) in [7, 11) is -4.62. The number of hydrogen-bond acceptors (Lipinski definition) is 4. The van der Waals surface area contributed by atoms with Crippen molar-refractivity contribution in [2.24, 2.45) is 5.14 Å². The molecule has 3 rings (SSSR count). The molecule has 0 fully saturated rings. The highest BCUT2D eigenvalue weighted by atomic mass is 32.2. The molecule has 1 aromatic heterocycles. The number of hydrogen-bond donors (Lipinski definition) is 1. The number of rotatable bonds is 3. The average molecular weight is 418 g/mol. The summed E-state index contributed by atoms with van der Waals surface area (Å²) in [5.74, 6) is -4.60. The summed E-state index contributed by atoms with van der Waals surface area (Å²) in [6.07, 6.45) is -5.06. The summed E-state index contributed by atoms with van der Waals surface area (Å²) in [4.78, 5) is -1.18. The lowest BCUT2D eigenvalue weighted by Gasteiger charge is -2.10. The molecule has 0 unspecified atom stereocenters. The lowest BCUT2D eigenvalue weighted by Crippen LogP contribution is -2.15. The molecule has 11 heteroatoms. The zero-order valence-corrected chi connectivity index (χ0v) is 14.8. The van der Waals surface area contributed by atoms with Gasteiger partial charge in [0.1, 0.15) is 22.2 Å². The van der Waals surface area contributed by atoms with E-state index >= 15 is 0 Å². The van der Waals surface area contributed by atoms with Crippen LogP contribution in [0.3, 0.4) is 0 Å². The van der Waals surface area contributed by atoms with Gasteiger partial charge in [0.15, 0.2) is 0 Å². The number of nitrogens with zero attached hydrogens (tertiary/aromatic N) is 1. The molecule has 0 atom stereocenters. The molecule has 1 heterocycles. The van der Waals surface area contributed by atoms with Crippen molar-refractivity contribution in [2.75, 3.05) is 0 Å². The topological polar surface area (TPSA) is 86.2 Å². The fourth-order valence-corrected chi connectivity index (χ4v) is 3.18. The molecule has 28 heavy (non-hydrogen) atoms. The average Bonchev–Trinajstić information content (AvgIpc) is 3.01. The minimum absolute atomic E-state index is 0.162. The lowest BCUT2D eigenvalue weighted by molar-refractivity contribution is -0.154. The van der Waals surface area contributed by atoms with Gasteiger partial charge >= 0.3 is 6.18 Å². The van der Waals surface area contributed by atoms with E-state index in [1.54, 1.807) is 19.1 Å². The van der Waals surface area contributed by atoms with Gasteiger partial charge in [0.25, 0.3) is 0 Å². The number of aromatic nitrogens is 1. The molecule has 0 aliphatic rings. The maximum absolute atomic E-state index is 14.5. The van der Waals surface area contributed by atoms with Crippen molar-refractivity contribution in [3.8, 4) is 22.4 Å². The number of benzene rings is 2. The summed E-state index contributed by atoms with van der Waals surface area (Å²) in [5.41, 5.74) is -1.13. The zero-order valence-electron chi connectivity index (χ0n) is 14.0. The first kappa shape index (κ1) is 20.0. The van der Waals surface area contributed by atoms with E-state index in [1.807, 2.05) is 0 Å². The molecule has 5 nitrogen and oxygen atoms in total. The number of nitrogens with two attached hydrogens (primary N) is 1. The second-order valence-corrected chi connectivity index (χ2v) is 7.44. The van der Waals surface area contributed by atoms with E-state index in [4.69, 9.17) is 5.14 Å². The molecule has 0 saturated heterocycles. The van der Waals surface area contributed by atoms with Crippen LogP contribution in [-0.2, 0) is 16.2 Å². The fraction of sp³-hybridized carbons (Fsp3) is 0.118. The molecule has 0 amide bonds. The van der Waals surface area contributed by atoms with Crippen molar-refractivity contribution in [2.45, 2.75) is 18.0 Å². The molecule has 0 saturated carbocycles. The Morgan fingerprint density at radius 2 is 1.64 bits per heavy atom. The second-order valence-electron chi connectivity index (χ2n) is 5.91. The monoisotopic (exact) mass is 418 g/mol. The maximum atomic E-state index is 14.5. The van der Waals surface area contributed by atoms with Gasteiger partial charge < -0.3 is 4.52 Å². The summed E-state index contributed by atoms with van der Waals surface area (Å²) < 4.78 is 95.8. The Hall–Kier alpha value is -2.79. The van der Waals surface area contributed by atoms with E-state index in [0.717, 1.165) is 5.56 Å². The highest BCUT2D eigenvalue weighted by Crippen LogP contribution is 2.44. The van der Waals surface area contributed by atoms with E-state index in [1.165, 1.54) is 12.1 Å². The molecular formula is C17H11F5N2O3S. The molecule has 0 bridgehead atoms. The minimum atomic E-state index is -5.06. The lowest BCUT2D eigenvalue weighted by atomic mass is 9.97. The Balaban J connectivity index is 2.33. The van der Waals surface area contributed by atoms with Crippen LogP contribution in [0.5, 0.6) is 0 Å². The number of alkyl halides is 3. The predicted molar refractivity (Wildman–Crippen MR) is 88.4 cm³/mol. The van der Waals surface area contributed by atoms with Gasteiger partial charge in [-0.25, -0.2) is 22.3 Å². The van der Waals surface area contributed by atoms with Crippen molar-refractivity contribution >= 4 is 10.0 Å². The van der Waals surface area contributed by atoms with E-state index in [-0.39, 0.29) is 17.3 Å².